The van der Waals surface area contributed by atoms with Gasteiger partial charge < -0.3 is 0 Å². The summed E-state index contributed by atoms with van der Waals surface area (Å²) in [5, 5.41) is 0.535. The Morgan fingerprint density at radius 3 is 2.24 bits per heavy atom. The van der Waals surface area contributed by atoms with Crippen molar-refractivity contribution in [2.24, 2.45) is 0 Å². The summed E-state index contributed by atoms with van der Waals surface area (Å²) in [6.45, 7) is 6.35. The highest BCUT2D eigenvalue weighted by atomic mass is 35.5. The van der Waals surface area contributed by atoms with Gasteiger partial charge in [-0.05, 0) is 39.0 Å². The fraction of sp³-hybridized carbons (Fsp3) is 0.385. The average Bonchev–Trinajstić information content (AvgIpc) is 2.16. The molecule has 0 spiro atoms. The Kier molecular flexibility index (Phi) is 3.94. The number of hydrogen-bond donors (Lipinski definition) is 0. The van der Waals surface area contributed by atoms with Crippen LogP contribution in [-0.2, 0) is 9.59 Å². The minimum Gasteiger partial charge on any atom is -0.300 e. The van der Waals surface area contributed by atoms with Gasteiger partial charge >= 0.3 is 0 Å². The number of Topliss-reactive ketones (excluding diaryl/α,β-unsaturated/α-hetero) is 1. The van der Waals surface area contributed by atoms with Crippen LogP contribution < -0.4 is 4.90 Å². The van der Waals surface area contributed by atoms with E-state index in [1.807, 2.05) is 0 Å². The number of anilines is 1. The highest BCUT2D eigenvalue weighted by Crippen LogP contribution is 2.27. The summed E-state index contributed by atoms with van der Waals surface area (Å²) >= 11 is 5.90. The number of nitrogens with zero attached hydrogens (tertiary/aromatic N) is 1. The molecule has 1 aromatic rings. The van der Waals surface area contributed by atoms with Crippen LogP contribution in [0.5, 0.6) is 0 Å². The quantitative estimate of drug-likeness (QED) is 0.830. The molecule has 17 heavy (non-hydrogen) atoms. The van der Waals surface area contributed by atoms with Gasteiger partial charge in [-0.2, -0.15) is 0 Å². The van der Waals surface area contributed by atoms with E-state index in [1.165, 1.54) is 18.7 Å². The predicted octanol–water partition coefficient (Wildman–Crippen LogP) is 3.06. The summed E-state index contributed by atoms with van der Waals surface area (Å²) in [6, 6.07) is 6.92. The number of benzene rings is 1. The third-order valence-corrected chi connectivity index (χ3v) is 3.04. The molecule has 0 aliphatic heterocycles. The zero-order valence-corrected chi connectivity index (χ0v) is 11.2. The van der Waals surface area contributed by atoms with Crippen molar-refractivity contribution < 1.29 is 9.59 Å². The van der Waals surface area contributed by atoms with Crippen LogP contribution >= 0.6 is 11.6 Å². The van der Waals surface area contributed by atoms with Crippen LogP contribution in [0.25, 0.3) is 0 Å². The van der Waals surface area contributed by atoms with Gasteiger partial charge in [-0.3, -0.25) is 14.5 Å². The van der Waals surface area contributed by atoms with Crippen molar-refractivity contribution in [2.45, 2.75) is 33.2 Å². The number of carbonyl (C=O) groups is 2. The van der Waals surface area contributed by atoms with E-state index in [1.54, 1.807) is 38.1 Å². The Morgan fingerprint density at radius 2 is 1.82 bits per heavy atom. The Balaban J connectivity index is 3.28. The summed E-state index contributed by atoms with van der Waals surface area (Å²) in [7, 11) is 0. The van der Waals surface area contributed by atoms with Crippen molar-refractivity contribution in [3.8, 4) is 0 Å². The molecule has 0 unspecified atom stereocenters. The first-order chi connectivity index (χ1) is 7.76. The van der Waals surface area contributed by atoms with Gasteiger partial charge in [0.05, 0.1) is 0 Å². The monoisotopic (exact) mass is 253 g/mol. The fourth-order valence-electron chi connectivity index (χ4n) is 1.67. The number of rotatable bonds is 3. The van der Waals surface area contributed by atoms with Gasteiger partial charge in [-0.15, -0.1) is 0 Å². The molecule has 0 aliphatic carbocycles. The van der Waals surface area contributed by atoms with E-state index in [0.717, 1.165) is 0 Å². The van der Waals surface area contributed by atoms with Crippen LogP contribution in [0, 0.1) is 0 Å². The van der Waals surface area contributed by atoms with Crippen LogP contribution in [0.4, 0.5) is 5.69 Å². The molecule has 0 N–H and O–H groups in total. The van der Waals surface area contributed by atoms with E-state index in [0.29, 0.717) is 10.7 Å². The summed E-state index contributed by atoms with van der Waals surface area (Å²) in [6.07, 6.45) is 0. The first kappa shape index (κ1) is 13.7. The lowest BCUT2D eigenvalue weighted by Gasteiger charge is -2.36. The van der Waals surface area contributed by atoms with E-state index in [4.69, 9.17) is 11.6 Å². The largest absolute Gasteiger partial charge is 0.300 e. The molecule has 0 heterocycles. The Bertz CT molecular complexity index is 454. The molecule has 0 aliphatic rings. The lowest BCUT2D eigenvalue weighted by Crippen LogP contribution is -2.51. The van der Waals surface area contributed by atoms with Crippen LogP contribution in [-0.4, -0.2) is 17.2 Å². The second-order valence-electron chi connectivity index (χ2n) is 4.45. The van der Waals surface area contributed by atoms with E-state index in [9.17, 15) is 9.59 Å². The Labute approximate surface area is 106 Å². The minimum absolute atomic E-state index is 0.0762. The fourth-order valence-corrected chi connectivity index (χ4v) is 1.86. The molecule has 0 radical (unpaired) electrons. The van der Waals surface area contributed by atoms with Gasteiger partial charge in [0, 0.05) is 17.6 Å². The summed E-state index contributed by atoms with van der Waals surface area (Å²) in [5.74, 6) is -0.264. The highest BCUT2D eigenvalue weighted by Gasteiger charge is 2.34. The molecule has 0 saturated heterocycles. The number of halogens is 1. The van der Waals surface area contributed by atoms with Crippen LogP contribution in [0.15, 0.2) is 24.3 Å². The van der Waals surface area contributed by atoms with E-state index < -0.39 is 5.54 Å². The van der Waals surface area contributed by atoms with Crippen molar-refractivity contribution in [3.05, 3.63) is 29.3 Å². The number of hydrogen-bond acceptors (Lipinski definition) is 2. The Hall–Kier alpha value is -1.35. The third-order valence-electron chi connectivity index (χ3n) is 2.80. The maximum Gasteiger partial charge on any atom is 0.224 e. The van der Waals surface area contributed by atoms with Crippen molar-refractivity contribution in [1.82, 2.24) is 0 Å². The van der Waals surface area contributed by atoms with E-state index in [-0.39, 0.29) is 11.7 Å². The SMILES string of the molecule is CC(=O)N(c1cccc(Cl)c1)C(C)(C)C(C)=O. The maximum absolute atomic E-state index is 11.7. The zero-order valence-electron chi connectivity index (χ0n) is 10.5. The van der Waals surface area contributed by atoms with Gasteiger partial charge in [0.2, 0.25) is 5.91 Å². The lowest BCUT2D eigenvalue weighted by atomic mass is 9.96. The van der Waals surface area contributed by atoms with Gasteiger partial charge in [-0.1, -0.05) is 17.7 Å². The minimum atomic E-state index is -0.878. The second-order valence-corrected chi connectivity index (χ2v) is 4.89. The van der Waals surface area contributed by atoms with Gasteiger partial charge in [0.1, 0.15) is 5.54 Å². The number of ketones is 1. The second kappa shape index (κ2) is 4.88. The van der Waals surface area contributed by atoms with Crippen molar-refractivity contribution in [2.75, 3.05) is 4.90 Å². The average molecular weight is 254 g/mol. The number of amides is 1. The smallest absolute Gasteiger partial charge is 0.224 e. The lowest BCUT2D eigenvalue weighted by molar-refractivity contribution is -0.125. The molecule has 0 fully saturated rings. The van der Waals surface area contributed by atoms with Crippen molar-refractivity contribution >= 4 is 29.0 Å². The first-order valence-corrected chi connectivity index (χ1v) is 5.72. The molecule has 0 aromatic heterocycles. The normalized spacial score (nSPS) is 11.1. The molecular formula is C13H16ClNO2. The highest BCUT2D eigenvalue weighted by molar-refractivity contribution is 6.31. The molecule has 0 atom stereocenters. The Morgan fingerprint density at radius 1 is 1.24 bits per heavy atom. The van der Waals surface area contributed by atoms with Gasteiger partial charge in [-0.25, -0.2) is 0 Å². The van der Waals surface area contributed by atoms with Crippen LogP contribution in [0.1, 0.15) is 27.7 Å². The number of carbonyl (C=O) groups excluding carboxylic acids is 2. The summed E-state index contributed by atoms with van der Waals surface area (Å²) < 4.78 is 0. The van der Waals surface area contributed by atoms with Crippen molar-refractivity contribution in [1.29, 1.82) is 0 Å². The van der Waals surface area contributed by atoms with Gasteiger partial charge in [0.25, 0.3) is 0 Å². The molecule has 3 nitrogen and oxygen atoms in total. The standard InChI is InChI=1S/C13H16ClNO2/c1-9(16)13(3,4)15(10(2)17)12-7-5-6-11(14)8-12/h5-8H,1-4H3. The topological polar surface area (TPSA) is 37.4 Å². The molecule has 0 saturated carbocycles. The van der Waals surface area contributed by atoms with Gasteiger partial charge in [0.15, 0.2) is 5.78 Å². The third kappa shape index (κ3) is 2.86. The molecule has 1 amide bonds. The maximum atomic E-state index is 11.7. The van der Waals surface area contributed by atoms with E-state index >= 15 is 0 Å². The van der Waals surface area contributed by atoms with Crippen LogP contribution in [0.2, 0.25) is 5.02 Å². The molecule has 1 aromatic carbocycles. The van der Waals surface area contributed by atoms with E-state index in [2.05, 4.69) is 0 Å². The van der Waals surface area contributed by atoms with Crippen LogP contribution in [0.3, 0.4) is 0 Å². The molecule has 4 heteroatoms. The molecule has 0 bridgehead atoms. The van der Waals surface area contributed by atoms with Crippen molar-refractivity contribution in [3.63, 3.8) is 0 Å². The molecule has 92 valence electrons. The summed E-state index contributed by atoms with van der Waals surface area (Å²) in [5.41, 5.74) is -0.249. The first-order valence-electron chi connectivity index (χ1n) is 5.34. The predicted molar refractivity (Wildman–Crippen MR) is 69.4 cm³/mol. The zero-order chi connectivity index (χ0) is 13.2. The molecular weight excluding hydrogens is 238 g/mol. The molecule has 1 rings (SSSR count). The summed E-state index contributed by atoms with van der Waals surface area (Å²) in [4.78, 5) is 24.8.